The van der Waals surface area contributed by atoms with E-state index in [-0.39, 0.29) is 5.25 Å². The molecule has 1 aliphatic carbocycles. The van der Waals surface area contributed by atoms with Crippen LogP contribution in [0.3, 0.4) is 0 Å². The van der Waals surface area contributed by atoms with Crippen molar-refractivity contribution in [2.24, 2.45) is 0 Å². The molecule has 0 bridgehead atoms. The Morgan fingerprint density at radius 3 is 2.53 bits per heavy atom. The lowest BCUT2D eigenvalue weighted by Gasteiger charge is -2.33. The summed E-state index contributed by atoms with van der Waals surface area (Å²) >= 11 is 1.51. The summed E-state index contributed by atoms with van der Waals surface area (Å²) in [6.45, 7) is 0.334. The quantitative estimate of drug-likeness (QED) is 0.825. The highest BCUT2D eigenvalue weighted by Gasteiger charge is 2.41. The van der Waals surface area contributed by atoms with E-state index in [0.717, 1.165) is 12.8 Å². The Morgan fingerprint density at radius 1 is 1.29 bits per heavy atom. The Morgan fingerprint density at radius 2 is 1.94 bits per heavy atom. The lowest BCUT2D eigenvalue weighted by Crippen LogP contribution is -2.52. The standard InChI is InChI=1S/C10H17NO4S2/c12-10(13)9-7-16-6-5-11(9)17(14,15)8-3-1-2-4-8/h8-9H,1-7H2,(H,12,13). The molecule has 0 aromatic heterocycles. The van der Waals surface area contributed by atoms with Crippen molar-refractivity contribution in [2.45, 2.75) is 37.0 Å². The second kappa shape index (κ2) is 5.16. The first kappa shape index (κ1) is 13.2. The predicted molar refractivity (Wildman–Crippen MR) is 66.6 cm³/mol. The van der Waals surface area contributed by atoms with E-state index in [2.05, 4.69) is 0 Å². The Bertz CT molecular complexity index is 389. The van der Waals surface area contributed by atoms with Gasteiger partial charge in [0.2, 0.25) is 10.0 Å². The fraction of sp³-hybridized carbons (Fsp3) is 0.900. The molecule has 0 aromatic rings. The minimum Gasteiger partial charge on any atom is -0.480 e. The lowest BCUT2D eigenvalue weighted by atomic mass is 10.3. The molecule has 1 unspecified atom stereocenters. The van der Waals surface area contributed by atoms with E-state index < -0.39 is 22.0 Å². The summed E-state index contributed by atoms with van der Waals surface area (Å²) in [4.78, 5) is 11.1. The van der Waals surface area contributed by atoms with E-state index in [4.69, 9.17) is 5.11 Å². The third-order valence-corrected chi connectivity index (χ3v) is 6.84. The van der Waals surface area contributed by atoms with Crippen molar-refractivity contribution in [3.63, 3.8) is 0 Å². The highest BCUT2D eigenvalue weighted by molar-refractivity contribution is 7.99. The van der Waals surface area contributed by atoms with Crippen LogP contribution in [0.1, 0.15) is 25.7 Å². The van der Waals surface area contributed by atoms with Gasteiger partial charge in [0.25, 0.3) is 0 Å². The summed E-state index contributed by atoms with van der Waals surface area (Å²) in [6, 6.07) is -0.876. The molecule has 0 aromatic carbocycles. The SMILES string of the molecule is O=C(O)C1CSCCN1S(=O)(=O)C1CCCC1. The van der Waals surface area contributed by atoms with Crippen LogP contribution in [0.4, 0.5) is 0 Å². The normalized spacial score (nSPS) is 28.4. The number of aliphatic carboxylic acids is 1. The first-order chi connectivity index (χ1) is 8.03. The zero-order chi connectivity index (χ0) is 12.5. The van der Waals surface area contributed by atoms with Crippen LogP contribution in [-0.4, -0.2) is 53.1 Å². The van der Waals surface area contributed by atoms with Crippen LogP contribution in [0.15, 0.2) is 0 Å². The number of rotatable bonds is 3. The first-order valence-electron chi connectivity index (χ1n) is 5.84. The van der Waals surface area contributed by atoms with Gasteiger partial charge in [-0.25, -0.2) is 8.42 Å². The van der Waals surface area contributed by atoms with Gasteiger partial charge >= 0.3 is 5.97 Å². The van der Waals surface area contributed by atoms with Gasteiger partial charge < -0.3 is 5.11 Å². The summed E-state index contributed by atoms with van der Waals surface area (Å²) in [7, 11) is -3.42. The molecule has 0 radical (unpaired) electrons. The van der Waals surface area contributed by atoms with Crippen LogP contribution in [0.5, 0.6) is 0 Å². The van der Waals surface area contributed by atoms with Crippen molar-refractivity contribution in [1.29, 1.82) is 0 Å². The fourth-order valence-corrected chi connectivity index (χ4v) is 5.89. The van der Waals surface area contributed by atoms with E-state index in [1.54, 1.807) is 0 Å². The third kappa shape index (κ3) is 2.61. The number of thioether (sulfide) groups is 1. The van der Waals surface area contributed by atoms with Crippen molar-refractivity contribution in [3.05, 3.63) is 0 Å². The molecular formula is C10H17NO4S2. The minimum atomic E-state index is -3.42. The zero-order valence-corrected chi connectivity index (χ0v) is 11.2. The van der Waals surface area contributed by atoms with Crippen LogP contribution < -0.4 is 0 Å². The molecule has 7 heteroatoms. The summed E-state index contributed by atoms with van der Waals surface area (Å²) in [5.41, 5.74) is 0. The molecule has 1 N–H and O–H groups in total. The average molecular weight is 279 g/mol. The molecule has 0 spiro atoms. The van der Waals surface area contributed by atoms with E-state index in [9.17, 15) is 13.2 Å². The maximum atomic E-state index is 12.4. The molecule has 1 atom stereocenters. The van der Waals surface area contributed by atoms with Gasteiger partial charge in [0.05, 0.1) is 5.25 Å². The summed E-state index contributed by atoms with van der Waals surface area (Å²) in [5, 5.41) is 8.74. The Kier molecular flexibility index (Phi) is 3.99. The minimum absolute atomic E-state index is 0.334. The second-order valence-corrected chi connectivity index (χ2v) is 7.81. The van der Waals surface area contributed by atoms with Gasteiger partial charge in [-0.05, 0) is 12.8 Å². The first-order valence-corrected chi connectivity index (χ1v) is 8.50. The number of carbonyl (C=O) groups is 1. The van der Waals surface area contributed by atoms with Crippen LogP contribution in [0, 0.1) is 0 Å². The molecule has 1 saturated heterocycles. The molecule has 2 rings (SSSR count). The highest BCUT2D eigenvalue weighted by atomic mass is 32.2. The fourth-order valence-electron chi connectivity index (χ4n) is 2.47. The molecule has 1 saturated carbocycles. The van der Waals surface area contributed by atoms with Gasteiger partial charge in [0.15, 0.2) is 0 Å². The number of carboxylic acid groups (broad SMARTS) is 1. The van der Waals surface area contributed by atoms with Gasteiger partial charge in [0, 0.05) is 18.1 Å². The van der Waals surface area contributed by atoms with Crippen molar-refractivity contribution < 1.29 is 18.3 Å². The lowest BCUT2D eigenvalue weighted by molar-refractivity contribution is -0.140. The van der Waals surface area contributed by atoms with Crippen LogP contribution >= 0.6 is 11.8 Å². The molecule has 2 aliphatic rings. The maximum Gasteiger partial charge on any atom is 0.322 e. The number of sulfonamides is 1. The number of hydrogen-bond donors (Lipinski definition) is 1. The summed E-state index contributed by atoms with van der Waals surface area (Å²) in [5.74, 6) is 0.0237. The second-order valence-electron chi connectivity index (χ2n) is 4.49. The third-order valence-electron chi connectivity index (χ3n) is 3.41. The van der Waals surface area contributed by atoms with E-state index in [1.165, 1.54) is 16.1 Å². The maximum absolute atomic E-state index is 12.4. The topological polar surface area (TPSA) is 74.7 Å². The molecule has 1 aliphatic heterocycles. The van der Waals surface area contributed by atoms with Crippen molar-refractivity contribution >= 4 is 27.8 Å². The van der Waals surface area contributed by atoms with Crippen molar-refractivity contribution in [1.82, 2.24) is 4.31 Å². The van der Waals surface area contributed by atoms with E-state index in [0.29, 0.717) is 30.9 Å². The van der Waals surface area contributed by atoms with E-state index in [1.807, 2.05) is 0 Å². The Balaban J connectivity index is 2.20. The van der Waals surface area contributed by atoms with Gasteiger partial charge in [-0.1, -0.05) is 12.8 Å². The van der Waals surface area contributed by atoms with Gasteiger partial charge in [-0.3, -0.25) is 4.79 Å². The van der Waals surface area contributed by atoms with Crippen LogP contribution in [0.25, 0.3) is 0 Å². The highest BCUT2D eigenvalue weighted by Crippen LogP contribution is 2.30. The number of carboxylic acids is 1. The van der Waals surface area contributed by atoms with Crippen molar-refractivity contribution in [2.75, 3.05) is 18.1 Å². The van der Waals surface area contributed by atoms with E-state index >= 15 is 0 Å². The average Bonchev–Trinajstić information content (AvgIpc) is 2.83. The molecular weight excluding hydrogens is 262 g/mol. The molecule has 0 amide bonds. The predicted octanol–water partition coefficient (Wildman–Crippen LogP) is 0.761. The Labute approximate surface area is 106 Å². The molecule has 5 nitrogen and oxygen atoms in total. The molecule has 2 fully saturated rings. The smallest absolute Gasteiger partial charge is 0.322 e. The molecule has 17 heavy (non-hydrogen) atoms. The van der Waals surface area contributed by atoms with Gasteiger partial charge in [-0.15, -0.1) is 0 Å². The van der Waals surface area contributed by atoms with Crippen LogP contribution in [-0.2, 0) is 14.8 Å². The summed E-state index contributed by atoms with van der Waals surface area (Å²) < 4.78 is 25.9. The van der Waals surface area contributed by atoms with Gasteiger partial charge in [0.1, 0.15) is 6.04 Å². The van der Waals surface area contributed by atoms with Crippen molar-refractivity contribution in [3.8, 4) is 0 Å². The van der Waals surface area contributed by atoms with Crippen LogP contribution in [0.2, 0.25) is 0 Å². The summed E-state index contributed by atoms with van der Waals surface area (Å²) in [6.07, 6.45) is 3.23. The molecule has 98 valence electrons. The number of hydrogen-bond acceptors (Lipinski definition) is 4. The zero-order valence-electron chi connectivity index (χ0n) is 9.54. The Hall–Kier alpha value is -0.270. The molecule has 1 heterocycles. The number of nitrogens with zero attached hydrogens (tertiary/aromatic N) is 1. The largest absolute Gasteiger partial charge is 0.480 e. The monoisotopic (exact) mass is 279 g/mol. The van der Waals surface area contributed by atoms with Gasteiger partial charge in [-0.2, -0.15) is 16.1 Å².